The molecule has 1 aromatic rings. The van der Waals surface area contributed by atoms with Gasteiger partial charge in [-0.3, -0.25) is 0 Å². The first-order valence-electron chi connectivity index (χ1n) is 6.79. The summed E-state index contributed by atoms with van der Waals surface area (Å²) in [4.78, 5) is 15.5. The molecule has 2 amide bonds. The fourth-order valence-corrected chi connectivity index (χ4v) is 2.57. The van der Waals surface area contributed by atoms with Gasteiger partial charge in [-0.25, -0.2) is 4.79 Å². The lowest BCUT2D eigenvalue weighted by atomic mass is 10.2. The predicted octanol–water partition coefficient (Wildman–Crippen LogP) is 2.40. The lowest BCUT2D eigenvalue weighted by Crippen LogP contribution is -2.33. The van der Waals surface area contributed by atoms with Crippen LogP contribution in [0.3, 0.4) is 0 Å². The minimum atomic E-state index is -0.260. The van der Waals surface area contributed by atoms with Crippen LogP contribution in [0.1, 0.15) is 12.8 Å². The predicted molar refractivity (Wildman–Crippen MR) is 81.6 cm³/mol. The number of aliphatic hydroxyl groups is 1. The Morgan fingerprint density at radius 2 is 2.15 bits per heavy atom. The van der Waals surface area contributed by atoms with E-state index in [1.54, 1.807) is 13.1 Å². The largest absolute Gasteiger partial charge is 0.395 e. The van der Waals surface area contributed by atoms with E-state index >= 15 is 0 Å². The molecule has 0 unspecified atom stereocenters. The number of rotatable bonds is 4. The van der Waals surface area contributed by atoms with Gasteiger partial charge in [0.1, 0.15) is 0 Å². The second-order valence-electron chi connectivity index (χ2n) is 4.94. The van der Waals surface area contributed by atoms with Crippen LogP contribution >= 0.6 is 11.6 Å². The molecule has 0 aromatic heterocycles. The average Bonchev–Trinajstić information content (AvgIpc) is 2.93. The number of hydrogen-bond donors (Lipinski definition) is 2. The molecule has 1 aromatic carbocycles. The van der Waals surface area contributed by atoms with Crippen molar-refractivity contribution in [1.82, 2.24) is 4.90 Å². The molecule has 1 aliphatic heterocycles. The quantitative estimate of drug-likeness (QED) is 0.897. The van der Waals surface area contributed by atoms with E-state index in [0.717, 1.165) is 18.8 Å². The molecule has 0 radical (unpaired) electrons. The fraction of sp³-hybridized carbons (Fsp3) is 0.500. The van der Waals surface area contributed by atoms with E-state index < -0.39 is 0 Å². The van der Waals surface area contributed by atoms with Gasteiger partial charge in [0.15, 0.2) is 0 Å². The second kappa shape index (κ2) is 6.81. The molecular formula is C14H20ClN3O2. The Morgan fingerprint density at radius 1 is 1.45 bits per heavy atom. The summed E-state index contributed by atoms with van der Waals surface area (Å²) in [5.74, 6) is 0. The van der Waals surface area contributed by atoms with E-state index in [1.807, 2.05) is 12.1 Å². The van der Waals surface area contributed by atoms with Crippen LogP contribution < -0.4 is 10.2 Å². The normalized spacial score (nSPS) is 14.4. The number of hydrogen-bond acceptors (Lipinski definition) is 3. The first-order valence-corrected chi connectivity index (χ1v) is 7.17. The van der Waals surface area contributed by atoms with E-state index in [1.165, 1.54) is 17.7 Å². The summed E-state index contributed by atoms with van der Waals surface area (Å²) in [5, 5.41) is 12.2. The number of halogens is 1. The molecule has 5 nitrogen and oxygen atoms in total. The number of amides is 2. The van der Waals surface area contributed by atoms with E-state index in [-0.39, 0.29) is 12.6 Å². The summed E-state index contributed by atoms with van der Waals surface area (Å²) in [6, 6.07) is 5.29. The average molecular weight is 298 g/mol. The summed E-state index contributed by atoms with van der Waals surface area (Å²) >= 11 is 6.29. The molecule has 2 rings (SSSR count). The number of benzene rings is 1. The number of carbonyl (C=O) groups excluding carboxylic acids is 1. The number of nitrogens with one attached hydrogen (secondary N) is 1. The number of anilines is 2. The van der Waals surface area contributed by atoms with E-state index in [2.05, 4.69) is 10.2 Å². The molecule has 110 valence electrons. The van der Waals surface area contributed by atoms with E-state index in [0.29, 0.717) is 17.3 Å². The van der Waals surface area contributed by atoms with Crippen molar-refractivity contribution >= 4 is 29.0 Å². The Hall–Kier alpha value is -1.46. The van der Waals surface area contributed by atoms with Gasteiger partial charge in [0.2, 0.25) is 0 Å². The van der Waals surface area contributed by atoms with Crippen LogP contribution in [-0.2, 0) is 0 Å². The maximum Gasteiger partial charge on any atom is 0.321 e. The molecule has 0 spiro atoms. The molecule has 0 atom stereocenters. The highest BCUT2D eigenvalue weighted by Crippen LogP contribution is 2.31. The van der Waals surface area contributed by atoms with Gasteiger partial charge < -0.3 is 20.2 Å². The maximum absolute atomic E-state index is 11.8. The van der Waals surface area contributed by atoms with Crippen LogP contribution in [0.4, 0.5) is 16.2 Å². The van der Waals surface area contributed by atoms with Crippen LogP contribution in [0.5, 0.6) is 0 Å². The summed E-state index contributed by atoms with van der Waals surface area (Å²) in [6.07, 6.45) is 2.39. The Labute approximate surface area is 124 Å². The highest BCUT2D eigenvalue weighted by molar-refractivity contribution is 6.33. The molecule has 1 fully saturated rings. The van der Waals surface area contributed by atoms with Crippen LogP contribution in [0.2, 0.25) is 5.02 Å². The smallest absolute Gasteiger partial charge is 0.321 e. The topological polar surface area (TPSA) is 55.8 Å². The van der Waals surface area contributed by atoms with E-state index in [4.69, 9.17) is 16.7 Å². The Morgan fingerprint density at radius 3 is 2.75 bits per heavy atom. The van der Waals surface area contributed by atoms with Crippen LogP contribution in [0.15, 0.2) is 18.2 Å². The van der Waals surface area contributed by atoms with Crippen LogP contribution in [0.25, 0.3) is 0 Å². The van der Waals surface area contributed by atoms with Crippen LogP contribution in [0, 0.1) is 0 Å². The molecule has 20 heavy (non-hydrogen) atoms. The highest BCUT2D eigenvalue weighted by Gasteiger charge is 2.16. The molecule has 0 bridgehead atoms. The molecule has 0 saturated carbocycles. The molecular weight excluding hydrogens is 278 g/mol. The third-order valence-corrected chi connectivity index (χ3v) is 3.73. The first kappa shape index (κ1) is 14.9. The standard InChI is InChI=1S/C14H20ClN3O2/c1-17(8-9-19)14(20)16-11-4-5-13(12(15)10-11)18-6-2-3-7-18/h4-5,10,19H,2-3,6-9H2,1H3,(H,16,20). The van der Waals surface area contributed by atoms with Crippen molar-refractivity contribution in [2.45, 2.75) is 12.8 Å². The van der Waals surface area contributed by atoms with Gasteiger partial charge in [-0.05, 0) is 31.0 Å². The Balaban J connectivity index is 2.03. The van der Waals surface area contributed by atoms with Crippen molar-refractivity contribution in [2.75, 3.05) is 43.5 Å². The van der Waals surface area contributed by atoms with Crippen molar-refractivity contribution < 1.29 is 9.90 Å². The molecule has 1 heterocycles. The summed E-state index contributed by atoms with van der Waals surface area (Å²) < 4.78 is 0. The lowest BCUT2D eigenvalue weighted by molar-refractivity contribution is 0.202. The fourth-order valence-electron chi connectivity index (χ4n) is 2.27. The Bertz CT molecular complexity index is 475. The summed E-state index contributed by atoms with van der Waals surface area (Å²) in [6.45, 7) is 2.30. The van der Waals surface area contributed by atoms with Gasteiger partial charge >= 0.3 is 6.03 Å². The summed E-state index contributed by atoms with van der Waals surface area (Å²) in [5.41, 5.74) is 1.68. The van der Waals surface area contributed by atoms with Gasteiger partial charge in [-0.15, -0.1) is 0 Å². The second-order valence-corrected chi connectivity index (χ2v) is 5.34. The van der Waals surface area contributed by atoms with Gasteiger partial charge in [0.25, 0.3) is 0 Å². The maximum atomic E-state index is 11.8. The zero-order valence-corrected chi connectivity index (χ0v) is 12.4. The summed E-state index contributed by atoms with van der Waals surface area (Å²) in [7, 11) is 1.63. The monoisotopic (exact) mass is 297 g/mol. The van der Waals surface area contributed by atoms with Crippen molar-refractivity contribution in [2.24, 2.45) is 0 Å². The minimum Gasteiger partial charge on any atom is -0.395 e. The molecule has 0 aliphatic carbocycles. The number of urea groups is 1. The molecule has 1 saturated heterocycles. The van der Waals surface area contributed by atoms with E-state index in [9.17, 15) is 4.79 Å². The number of likely N-dealkylation sites (N-methyl/N-ethyl adjacent to an activating group) is 1. The number of nitrogens with zero attached hydrogens (tertiary/aromatic N) is 2. The van der Waals surface area contributed by atoms with Crippen molar-refractivity contribution in [3.63, 3.8) is 0 Å². The third-order valence-electron chi connectivity index (χ3n) is 3.43. The van der Waals surface area contributed by atoms with Crippen molar-refractivity contribution in [3.8, 4) is 0 Å². The van der Waals surface area contributed by atoms with Crippen molar-refractivity contribution in [1.29, 1.82) is 0 Å². The number of aliphatic hydroxyl groups excluding tert-OH is 1. The third kappa shape index (κ3) is 3.55. The molecule has 6 heteroatoms. The first-order chi connectivity index (χ1) is 9.61. The van der Waals surface area contributed by atoms with Gasteiger partial charge in [-0.2, -0.15) is 0 Å². The van der Waals surface area contributed by atoms with Crippen molar-refractivity contribution in [3.05, 3.63) is 23.2 Å². The molecule has 2 N–H and O–H groups in total. The zero-order chi connectivity index (χ0) is 14.5. The highest BCUT2D eigenvalue weighted by atomic mass is 35.5. The molecule has 1 aliphatic rings. The lowest BCUT2D eigenvalue weighted by Gasteiger charge is -2.20. The zero-order valence-electron chi connectivity index (χ0n) is 11.6. The SMILES string of the molecule is CN(CCO)C(=O)Nc1ccc(N2CCCC2)c(Cl)c1. The van der Waals surface area contributed by atoms with Crippen LogP contribution in [-0.4, -0.2) is 49.3 Å². The van der Waals surface area contributed by atoms with Gasteiger partial charge in [0.05, 0.1) is 17.3 Å². The minimum absolute atomic E-state index is 0.0570. The Kier molecular flexibility index (Phi) is 5.09. The van der Waals surface area contributed by atoms with Gasteiger partial charge in [-0.1, -0.05) is 11.6 Å². The number of carbonyl (C=O) groups is 1. The van der Waals surface area contributed by atoms with Gasteiger partial charge in [0, 0.05) is 32.4 Å².